The third-order valence-corrected chi connectivity index (χ3v) is 5.00. The highest BCUT2D eigenvalue weighted by molar-refractivity contribution is 7.99. The Morgan fingerprint density at radius 1 is 1.03 bits per heavy atom. The molecule has 0 fully saturated rings. The number of nitrogens with zero attached hydrogens (tertiary/aromatic N) is 1. The van der Waals surface area contributed by atoms with E-state index < -0.39 is 11.8 Å². The second kappa shape index (κ2) is 10.4. The van der Waals surface area contributed by atoms with Crippen LogP contribution >= 0.6 is 11.8 Å². The van der Waals surface area contributed by atoms with E-state index in [2.05, 4.69) is 20.6 Å². The lowest BCUT2D eigenvalue weighted by molar-refractivity contribution is -0.136. The van der Waals surface area contributed by atoms with Crippen molar-refractivity contribution >= 4 is 29.3 Å². The summed E-state index contributed by atoms with van der Waals surface area (Å²) in [7, 11) is 3.02. The number of imidazole rings is 1. The number of nitrogens with one attached hydrogen (secondary N) is 3. The summed E-state index contributed by atoms with van der Waals surface area (Å²) in [5, 5.41) is 5.88. The molecule has 0 spiro atoms. The first kappa shape index (κ1) is 21.3. The number of anilines is 1. The lowest BCUT2D eigenvalue weighted by atomic mass is 10.2. The fraction of sp³-hybridized carbons (Fsp3) is 0.190. The zero-order valence-corrected chi connectivity index (χ0v) is 17.4. The predicted molar refractivity (Wildman–Crippen MR) is 116 cm³/mol. The summed E-state index contributed by atoms with van der Waals surface area (Å²) in [6, 6.07) is 14.7. The van der Waals surface area contributed by atoms with Gasteiger partial charge in [-0.1, -0.05) is 42.1 Å². The van der Waals surface area contributed by atoms with Crippen molar-refractivity contribution in [3.8, 4) is 22.8 Å². The monoisotopic (exact) mass is 426 g/mol. The van der Waals surface area contributed by atoms with Crippen molar-refractivity contribution < 1.29 is 19.1 Å². The average molecular weight is 426 g/mol. The molecule has 0 aliphatic heterocycles. The van der Waals surface area contributed by atoms with Crippen molar-refractivity contribution in [1.82, 2.24) is 15.3 Å². The van der Waals surface area contributed by atoms with Gasteiger partial charge in [0.05, 0.1) is 26.1 Å². The van der Waals surface area contributed by atoms with Gasteiger partial charge in [0.25, 0.3) is 0 Å². The van der Waals surface area contributed by atoms with Crippen molar-refractivity contribution in [2.45, 2.75) is 5.16 Å². The van der Waals surface area contributed by atoms with Crippen molar-refractivity contribution in [2.75, 3.05) is 31.8 Å². The van der Waals surface area contributed by atoms with Crippen LogP contribution in [-0.4, -0.2) is 48.3 Å². The molecule has 1 aromatic heterocycles. The van der Waals surface area contributed by atoms with Crippen molar-refractivity contribution in [1.29, 1.82) is 0 Å². The van der Waals surface area contributed by atoms with Crippen LogP contribution < -0.4 is 20.1 Å². The standard InChI is InChI=1S/C21H22N4O4S/c1-28-17-9-8-15(12-18(17)29-2)24-20(27)19(26)22-10-11-30-21-23-13-16(25-21)14-6-4-3-5-7-14/h3-9,12-13H,10-11H2,1-2H3,(H,22,26)(H,23,25)(H,24,27). The number of carbonyl (C=O) groups excluding carboxylic acids is 2. The molecular formula is C21H22N4O4S. The number of rotatable bonds is 8. The molecule has 9 heteroatoms. The van der Waals surface area contributed by atoms with E-state index in [1.165, 1.54) is 26.0 Å². The Morgan fingerprint density at radius 3 is 2.53 bits per heavy atom. The molecule has 2 aromatic carbocycles. The number of benzene rings is 2. The summed E-state index contributed by atoms with van der Waals surface area (Å²) >= 11 is 1.46. The molecule has 0 saturated carbocycles. The topological polar surface area (TPSA) is 105 Å². The van der Waals surface area contributed by atoms with E-state index in [0.717, 1.165) is 16.4 Å². The molecule has 0 saturated heterocycles. The van der Waals surface area contributed by atoms with Gasteiger partial charge in [0.1, 0.15) is 0 Å². The molecule has 8 nitrogen and oxygen atoms in total. The summed E-state index contributed by atoms with van der Waals surface area (Å²) in [6.45, 7) is 0.324. The maximum absolute atomic E-state index is 12.1. The molecule has 1 heterocycles. The van der Waals surface area contributed by atoms with Crippen LogP contribution in [0.15, 0.2) is 59.9 Å². The number of amides is 2. The Hall–Kier alpha value is -3.46. The van der Waals surface area contributed by atoms with Crippen LogP contribution in [0.4, 0.5) is 5.69 Å². The largest absolute Gasteiger partial charge is 0.493 e. The van der Waals surface area contributed by atoms with Crippen LogP contribution in [-0.2, 0) is 9.59 Å². The average Bonchev–Trinajstić information content (AvgIpc) is 3.26. The highest BCUT2D eigenvalue weighted by atomic mass is 32.2. The Balaban J connectivity index is 1.43. The van der Waals surface area contributed by atoms with Gasteiger partial charge in [-0.05, 0) is 17.7 Å². The van der Waals surface area contributed by atoms with Crippen LogP contribution in [0.25, 0.3) is 11.3 Å². The molecule has 156 valence electrons. The minimum Gasteiger partial charge on any atom is -0.493 e. The summed E-state index contributed by atoms with van der Waals surface area (Å²) in [4.78, 5) is 31.6. The van der Waals surface area contributed by atoms with E-state index in [9.17, 15) is 9.59 Å². The number of thioether (sulfide) groups is 1. The van der Waals surface area contributed by atoms with Crippen LogP contribution in [0.1, 0.15) is 0 Å². The molecule has 0 radical (unpaired) electrons. The molecule has 0 bridgehead atoms. The number of hydrogen-bond donors (Lipinski definition) is 3. The molecular weight excluding hydrogens is 404 g/mol. The number of aromatic amines is 1. The first-order chi connectivity index (χ1) is 14.6. The van der Waals surface area contributed by atoms with Gasteiger partial charge in [-0.3, -0.25) is 9.59 Å². The third kappa shape index (κ3) is 5.54. The van der Waals surface area contributed by atoms with Crippen LogP contribution in [0.5, 0.6) is 11.5 Å². The first-order valence-corrected chi connectivity index (χ1v) is 10.1. The van der Waals surface area contributed by atoms with E-state index in [-0.39, 0.29) is 0 Å². The smallest absolute Gasteiger partial charge is 0.313 e. The van der Waals surface area contributed by atoms with Crippen LogP contribution in [0, 0.1) is 0 Å². The molecule has 0 aliphatic carbocycles. The fourth-order valence-corrected chi connectivity index (χ4v) is 3.34. The molecule has 3 rings (SSSR count). The summed E-state index contributed by atoms with van der Waals surface area (Å²) < 4.78 is 10.3. The maximum Gasteiger partial charge on any atom is 0.313 e. The fourth-order valence-electron chi connectivity index (χ4n) is 2.64. The van der Waals surface area contributed by atoms with E-state index >= 15 is 0 Å². The number of aromatic nitrogens is 2. The highest BCUT2D eigenvalue weighted by Gasteiger charge is 2.14. The van der Waals surface area contributed by atoms with Gasteiger partial charge >= 0.3 is 11.8 Å². The van der Waals surface area contributed by atoms with E-state index in [1.54, 1.807) is 24.4 Å². The van der Waals surface area contributed by atoms with Gasteiger partial charge in [0.15, 0.2) is 16.7 Å². The molecule has 0 unspecified atom stereocenters. The Labute approximate surface area is 178 Å². The highest BCUT2D eigenvalue weighted by Crippen LogP contribution is 2.29. The summed E-state index contributed by atoms with van der Waals surface area (Å²) in [5.41, 5.74) is 2.42. The number of hydrogen-bond acceptors (Lipinski definition) is 6. The normalized spacial score (nSPS) is 10.3. The zero-order chi connectivity index (χ0) is 21.3. The Bertz CT molecular complexity index is 1010. The van der Waals surface area contributed by atoms with Crippen molar-refractivity contribution in [3.05, 3.63) is 54.7 Å². The lowest BCUT2D eigenvalue weighted by Gasteiger charge is -2.10. The summed E-state index contributed by atoms with van der Waals surface area (Å²) in [6.07, 6.45) is 1.77. The number of carbonyl (C=O) groups is 2. The van der Waals surface area contributed by atoms with Gasteiger partial charge in [-0.25, -0.2) is 4.98 Å². The Morgan fingerprint density at radius 2 is 1.80 bits per heavy atom. The predicted octanol–water partition coefficient (Wildman–Crippen LogP) is 2.94. The minimum absolute atomic E-state index is 0.324. The SMILES string of the molecule is COc1ccc(NC(=O)C(=O)NCCSc2ncc(-c3ccccc3)[nH]2)cc1OC. The van der Waals surface area contributed by atoms with Gasteiger partial charge in [0.2, 0.25) is 0 Å². The van der Waals surface area contributed by atoms with E-state index in [4.69, 9.17) is 9.47 Å². The number of ether oxygens (including phenoxy) is 2. The van der Waals surface area contributed by atoms with E-state index in [0.29, 0.717) is 29.5 Å². The van der Waals surface area contributed by atoms with Gasteiger partial charge < -0.3 is 25.1 Å². The van der Waals surface area contributed by atoms with Crippen molar-refractivity contribution in [2.24, 2.45) is 0 Å². The second-order valence-corrected chi connectivity index (χ2v) is 7.18. The van der Waals surface area contributed by atoms with Crippen LogP contribution in [0.3, 0.4) is 0 Å². The van der Waals surface area contributed by atoms with Gasteiger partial charge in [-0.15, -0.1) is 0 Å². The van der Waals surface area contributed by atoms with Crippen molar-refractivity contribution in [3.63, 3.8) is 0 Å². The van der Waals surface area contributed by atoms with E-state index in [1.807, 2.05) is 30.3 Å². The maximum atomic E-state index is 12.1. The quantitative estimate of drug-likeness (QED) is 0.291. The number of methoxy groups -OCH3 is 2. The van der Waals surface area contributed by atoms with Crippen LogP contribution in [0.2, 0.25) is 0 Å². The molecule has 3 N–H and O–H groups in total. The Kier molecular flexibility index (Phi) is 7.34. The molecule has 0 atom stereocenters. The first-order valence-electron chi connectivity index (χ1n) is 9.15. The minimum atomic E-state index is -0.753. The summed E-state index contributed by atoms with van der Waals surface area (Å²) in [5.74, 6) is 0.0917. The molecule has 2 amide bonds. The molecule has 3 aromatic rings. The lowest BCUT2D eigenvalue weighted by Crippen LogP contribution is -2.36. The number of H-pyrrole nitrogens is 1. The molecule has 0 aliphatic rings. The third-order valence-electron chi connectivity index (χ3n) is 4.11. The molecule has 30 heavy (non-hydrogen) atoms. The second-order valence-electron chi connectivity index (χ2n) is 6.10. The van der Waals surface area contributed by atoms with Gasteiger partial charge in [-0.2, -0.15) is 0 Å². The van der Waals surface area contributed by atoms with Gasteiger partial charge in [0, 0.05) is 24.1 Å². The zero-order valence-electron chi connectivity index (χ0n) is 16.6.